The highest BCUT2D eigenvalue weighted by Gasteiger charge is 2.26. The van der Waals surface area contributed by atoms with Gasteiger partial charge in [-0.1, -0.05) is 12.1 Å². The molecule has 0 fully saturated rings. The first-order valence-electron chi connectivity index (χ1n) is 7.62. The number of nitrogens with zero attached hydrogens (tertiary/aromatic N) is 1. The number of aryl methyl sites for hydroxylation is 1. The third-order valence-corrected chi connectivity index (χ3v) is 3.67. The van der Waals surface area contributed by atoms with Crippen LogP contribution in [0.3, 0.4) is 0 Å². The topological polar surface area (TPSA) is 83.5 Å². The number of benzene rings is 1. The van der Waals surface area contributed by atoms with Crippen LogP contribution < -0.4 is 15.4 Å². The third kappa shape index (κ3) is 3.55. The fourth-order valence-electron chi connectivity index (χ4n) is 2.38. The summed E-state index contributed by atoms with van der Waals surface area (Å²) in [5.41, 5.74) is 1.60. The van der Waals surface area contributed by atoms with Gasteiger partial charge in [-0.25, -0.2) is 9.78 Å². The van der Waals surface area contributed by atoms with Crippen LogP contribution in [-0.2, 0) is 0 Å². The SMILES string of the molecule is Cc1cccc(NC(=O)Nc2ccc3c(c2)C=CC(C)(CO)O3)n1. The van der Waals surface area contributed by atoms with Crippen molar-refractivity contribution in [2.75, 3.05) is 17.2 Å². The Hall–Kier alpha value is -2.86. The number of ether oxygens (including phenoxy) is 1. The molecule has 2 amide bonds. The second kappa shape index (κ2) is 6.33. The van der Waals surface area contributed by atoms with Crippen LogP contribution in [0.25, 0.3) is 6.08 Å². The molecule has 124 valence electrons. The van der Waals surface area contributed by atoms with Gasteiger partial charge in [0.05, 0.1) is 6.61 Å². The molecule has 3 rings (SSSR count). The maximum absolute atomic E-state index is 12.1. The van der Waals surface area contributed by atoms with E-state index in [1.54, 1.807) is 31.2 Å². The molecule has 0 saturated heterocycles. The number of anilines is 2. The van der Waals surface area contributed by atoms with E-state index in [1.807, 2.05) is 31.2 Å². The first-order valence-corrected chi connectivity index (χ1v) is 7.62. The Morgan fingerprint density at radius 2 is 2.12 bits per heavy atom. The normalized spacial score (nSPS) is 18.5. The van der Waals surface area contributed by atoms with E-state index >= 15 is 0 Å². The molecule has 6 nitrogen and oxygen atoms in total. The van der Waals surface area contributed by atoms with Crippen LogP contribution in [0.2, 0.25) is 0 Å². The lowest BCUT2D eigenvalue weighted by Crippen LogP contribution is -2.35. The summed E-state index contributed by atoms with van der Waals surface area (Å²) in [5, 5.41) is 14.8. The van der Waals surface area contributed by atoms with Gasteiger partial charge >= 0.3 is 6.03 Å². The zero-order valence-electron chi connectivity index (χ0n) is 13.5. The minimum atomic E-state index is -0.712. The summed E-state index contributed by atoms with van der Waals surface area (Å²) in [6.45, 7) is 3.56. The largest absolute Gasteiger partial charge is 0.480 e. The van der Waals surface area contributed by atoms with Gasteiger partial charge in [0.15, 0.2) is 0 Å². The van der Waals surface area contributed by atoms with E-state index in [2.05, 4.69) is 15.6 Å². The van der Waals surface area contributed by atoms with E-state index in [9.17, 15) is 9.90 Å². The molecular formula is C18H19N3O3. The van der Waals surface area contributed by atoms with E-state index in [1.165, 1.54) is 0 Å². The zero-order chi connectivity index (χ0) is 17.2. The number of carbonyl (C=O) groups is 1. The second-order valence-electron chi connectivity index (χ2n) is 5.90. The number of hydrogen-bond donors (Lipinski definition) is 3. The molecule has 0 bridgehead atoms. The molecule has 1 atom stereocenters. The molecule has 24 heavy (non-hydrogen) atoms. The van der Waals surface area contributed by atoms with Crippen molar-refractivity contribution in [2.24, 2.45) is 0 Å². The molecule has 0 saturated carbocycles. The van der Waals surface area contributed by atoms with Crippen LogP contribution >= 0.6 is 0 Å². The van der Waals surface area contributed by atoms with Crippen molar-refractivity contribution in [1.29, 1.82) is 0 Å². The summed E-state index contributed by atoms with van der Waals surface area (Å²) in [4.78, 5) is 16.3. The number of aliphatic hydroxyl groups excluding tert-OH is 1. The molecule has 0 aliphatic carbocycles. The number of nitrogens with one attached hydrogen (secondary N) is 2. The van der Waals surface area contributed by atoms with Gasteiger partial charge in [0.1, 0.15) is 17.2 Å². The van der Waals surface area contributed by atoms with Crippen LogP contribution in [0.5, 0.6) is 5.75 Å². The first kappa shape index (κ1) is 16.0. The van der Waals surface area contributed by atoms with Gasteiger partial charge in [-0.3, -0.25) is 5.32 Å². The van der Waals surface area contributed by atoms with E-state index in [0.29, 0.717) is 17.3 Å². The van der Waals surface area contributed by atoms with Gasteiger partial charge in [0.25, 0.3) is 0 Å². The van der Waals surface area contributed by atoms with Gasteiger partial charge in [-0.2, -0.15) is 0 Å². The quantitative estimate of drug-likeness (QED) is 0.809. The molecule has 1 aromatic carbocycles. The number of carbonyl (C=O) groups excluding carboxylic acids is 1. The summed E-state index contributed by atoms with van der Waals surface area (Å²) in [6.07, 6.45) is 3.68. The van der Waals surface area contributed by atoms with Gasteiger partial charge in [-0.15, -0.1) is 0 Å². The van der Waals surface area contributed by atoms with Crippen LogP contribution in [0, 0.1) is 6.92 Å². The number of urea groups is 1. The minimum absolute atomic E-state index is 0.102. The Kier molecular flexibility index (Phi) is 4.22. The standard InChI is InChI=1S/C18H19N3O3/c1-12-4-3-5-16(19-12)21-17(23)20-14-6-7-15-13(10-14)8-9-18(2,11-22)24-15/h3-10,22H,11H2,1-2H3,(H2,19,20,21,23). The second-order valence-corrected chi connectivity index (χ2v) is 5.90. The summed E-state index contributed by atoms with van der Waals surface area (Å²) >= 11 is 0. The van der Waals surface area contributed by atoms with E-state index in [4.69, 9.17) is 4.74 Å². The lowest BCUT2D eigenvalue weighted by molar-refractivity contribution is 0.0641. The molecule has 6 heteroatoms. The van der Waals surface area contributed by atoms with Crippen molar-refractivity contribution >= 4 is 23.6 Å². The zero-order valence-corrected chi connectivity index (χ0v) is 13.5. The third-order valence-electron chi connectivity index (χ3n) is 3.67. The summed E-state index contributed by atoms with van der Waals surface area (Å²) in [7, 11) is 0. The summed E-state index contributed by atoms with van der Waals surface area (Å²) in [5.74, 6) is 1.16. The molecule has 1 aromatic heterocycles. The van der Waals surface area contributed by atoms with Crippen molar-refractivity contribution in [1.82, 2.24) is 4.98 Å². The molecule has 0 radical (unpaired) electrons. The molecule has 2 aromatic rings. The van der Waals surface area contributed by atoms with E-state index in [0.717, 1.165) is 11.3 Å². The Bertz CT molecular complexity index is 804. The first-order chi connectivity index (χ1) is 11.5. The predicted molar refractivity (Wildman–Crippen MR) is 93.2 cm³/mol. The maximum atomic E-state index is 12.1. The molecule has 2 heterocycles. The maximum Gasteiger partial charge on any atom is 0.324 e. The summed E-state index contributed by atoms with van der Waals surface area (Å²) < 4.78 is 5.76. The number of aromatic nitrogens is 1. The van der Waals surface area contributed by atoms with Gasteiger partial charge in [0.2, 0.25) is 0 Å². The number of fused-ring (bicyclic) bond motifs is 1. The Morgan fingerprint density at radius 3 is 2.88 bits per heavy atom. The monoisotopic (exact) mass is 325 g/mol. The van der Waals surface area contributed by atoms with Crippen molar-refractivity contribution in [3.05, 3.63) is 53.7 Å². The number of pyridine rings is 1. The number of rotatable bonds is 3. The van der Waals surface area contributed by atoms with E-state index in [-0.39, 0.29) is 12.6 Å². The molecule has 1 unspecified atom stereocenters. The summed E-state index contributed by atoms with van der Waals surface area (Å²) in [6, 6.07) is 10.4. The Labute approximate surface area is 140 Å². The van der Waals surface area contributed by atoms with Crippen molar-refractivity contribution in [3.63, 3.8) is 0 Å². The van der Waals surface area contributed by atoms with Crippen molar-refractivity contribution in [3.8, 4) is 5.75 Å². The van der Waals surface area contributed by atoms with Gasteiger partial charge < -0.3 is 15.2 Å². The Balaban J connectivity index is 1.70. The van der Waals surface area contributed by atoms with Crippen LogP contribution in [0.15, 0.2) is 42.5 Å². The fourth-order valence-corrected chi connectivity index (χ4v) is 2.38. The van der Waals surface area contributed by atoms with Crippen molar-refractivity contribution < 1.29 is 14.6 Å². The van der Waals surface area contributed by atoms with Crippen LogP contribution in [0.4, 0.5) is 16.3 Å². The molecule has 1 aliphatic heterocycles. The molecule has 1 aliphatic rings. The highest BCUT2D eigenvalue weighted by atomic mass is 16.5. The predicted octanol–water partition coefficient (Wildman–Crippen LogP) is 3.19. The average Bonchev–Trinajstić information content (AvgIpc) is 2.55. The molecule has 3 N–H and O–H groups in total. The molecule has 0 spiro atoms. The minimum Gasteiger partial charge on any atom is -0.480 e. The van der Waals surface area contributed by atoms with Gasteiger partial charge in [-0.05, 0) is 50.3 Å². The number of hydrogen-bond acceptors (Lipinski definition) is 4. The lowest BCUT2D eigenvalue weighted by atomic mass is 10.0. The highest BCUT2D eigenvalue weighted by Crippen LogP contribution is 2.32. The van der Waals surface area contributed by atoms with Gasteiger partial charge in [0, 0.05) is 16.9 Å². The smallest absolute Gasteiger partial charge is 0.324 e. The lowest BCUT2D eigenvalue weighted by Gasteiger charge is -2.29. The highest BCUT2D eigenvalue weighted by molar-refractivity contribution is 5.99. The molecular weight excluding hydrogens is 306 g/mol. The number of aliphatic hydroxyl groups is 1. The number of amides is 2. The van der Waals surface area contributed by atoms with E-state index < -0.39 is 5.60 Å². The van der Waals surface area contributed by atoms with Crippen LogP contribution in [-0.4, -0.2) is 28.3 Å². The average molecular weight is 325 g/mol. The fraction of sp³-hybridized carbons (Fsp3) is 0.222. The Morgan fingerprint density at radius 1 is 1.29 bits per heavy atom. The van der Waals surface area contributed by atoms with Crippen molar-refractivity contribution in [2.45, 2.75) is 19.4 Å². The van der Waals surface area contributed by atoms with Crippen LogP contribution in [0.1, 0.15) is 18.2 Å².